The number of aryl methyl sites for hydroxylation is 2. The van der Waals surface area contributed by atoms with Crippen LogP contribution in [0.5, 0.6) is 5.75 Å². The number of hydrogen-bond donors (Lipinski definition) is 0. The lowest BCUT2D eigenvalue weighted by Crippen LogP contribution is -2.04. The second-order valence-electron chi connectivity index (χ2n) is 6.28. The van der Waals surface area contributed by atoms with Crippen LogP contribution in [0, 0.1) is 0 Å². The number of nitrogens with zero attached hydrogens (tertiary/aromatic N) is 1. The summed E-state index contributed by atoms with van der Waals surface area (Å²) < 4.78 is 10.8. The standard InChI is InChI=1S/C23H23NO3S/c1-26-23(25)19-9-11-20(24-15-19)10-8-18-14-21(28-2)12-13-22(18)27-16-17-6-4-3-5-7-17/h3-7,9,11-15H,8,10,16H2,1-2H3. The molecule has 0 aliphatic heterocycles. The van der Waals surface area contributed by atoms with Gasteiger partial charge in [0.05, 0.1) is 12.7 Å². The maximum atomic E-state index is 11.5. The molecule has 0 saturated carbocycles. The molecule has 1 heterocycles. The number of esters is 1. The molecule has 1 aromatic heterocycles. The summed E-state index contributed by atoms with van der Waals surface area (Å²) in [5.74, 6) is 0.524. The number of benzene rings is 2. The van der Waals surface area contributed by atoms with Crippen LogP contribution >= 0.6 is 11.8 Å². The molecule has 3 aromatic rings. The number of rotatable bonds is 8. The summed E-state index contributed by atoms with van der Waals surface area (Å²) in [7, 11) is 1.37. The number of ether oxygens (including phenoxy) is 2. The maximum Gasteiger partial charge on any atom is 0.339 e. The molecule has 0 aliphatic carbocycles. The average molecular weight is 394 g/mol. The van der Waals surface area contributed by atoms with E-state index < -0.39 is 0 Å². The van der Waals surface area contributed by atoms with Gasteiger partial charge in [-0.15, -0.1) is 11.8 Å². The van der Waals surface area contributed by atoms with E-state index in [1.807, 2.05) is 30.3 Å². The van der Waals surface area contributed by atoms with E-state index in [0.717, 1.165) is 35.4 Å². The third-order valence-electron chi connectivity index (χ3n) is 4.40. The first-order valence-corrected chi connectivity index (χ1v) is 10.3. The highest BCUT2D eigenvalue weighted by Gasteiger charge is 2.09. The summed E-state index contributed by atoms with van der Waals surface area (Å²) in [5, 5.41) is 0. The molecule has 0 fully saturated rings. The van der Waals surface area contributed by atoms with Crippen molar-refractivity contribution in [2.24, 2.45) is 0 Å². The Morgan fingerprint density at radius 3 is 2.54 bits per heavy atom. The molecule has 0 radical (unpaired) electrons. The van der Waals surface area contributed by atoms with Gasteiger partial charge < -0.3 is 9.47 Å². The van der Waals surface area contributed by atoms with Gasteiger partial charge in [-0.25, -0.2) is 4.79 Å². The minimum absolute atomic E-state index is 0.372. The van der Waals surface area contributed by atoms with Gasteiger partial charge in [-0.2, -0.15) is 0 Å². The number of carbonyl (C=O) groups excluding carboxylic acids is 1. The quantitative estimate of drug-likeness (QED) is 0.400. The van der Waals surface area contributed by atoms with E-state index in [9.17, 15) is 4.79 Å². The number of pyridine rings is 1. The Kier molecular flexibility index (Phi) is 7.09. The predicted octanol–water partition coefficient (Wildman–Crippen LogP) is 4.95. The van der Waals surface area contributed by atoms with Gasteiger partial charge in [0, 0.05) is 16.8 Å². The molecule has 0 N–H and O–H groups in total. The number of aromatic nitrogens is 1. The van der Waals surface area contributed by atoms with E-state index in [0.29, 0.717) is 12.2 Å². The van der Waals surface area contributed by atoms with Crippen molar-refractivity contribution in [1.29, 1.82) is 0 Å². The highest BCUT2D eigenvalue weighted by molar-refractivity contribution is 7.98. The molecule has 28 heavy (non-hydrogen) atoms. The topological polar surface area (TPSA) is 48.4 Å². The van der Waals surface area contributed by atoms with Crippen LogP contribution in [0.4, 0.5) is 0 Å². The molecule has 0 atom stereocenters. The monoisotopic (exact) mass is 393 g/mol. The minimum Gasteiger partial charge on any atom is -0.489 e. The lowest BCUT2D eigenvalue weighted by molar-refractivity contribution is 0.0600. The average Bonchev–Trinajstić information content (AvgIpc) is 2.77. The van der Waals surface area contributed by atoms with Gasteiger partial charge in [0.1, 0.15) is 12.4 Å². The van der Waals surface area contributed by atoms with Crippen molar-refractivity contribution in [3.05, 3.63) is 89.2 Å². The molecule has 0 spiro atoms. The van der Waals surface area contributed by atoms with Gasteiger partial charge >= 0.3 is 5.97 Å². The first-order valence-electron chi connectivity index (χ1n) is 9.06. The summed E-state index contributed by atoms with van der Waals surface area (Å²) >= 11 is 1.71. The molecule has 0 saturated heterocycles. The Morgan fingerprint density at radius 2 is 1.86 bits per heavy atom. The Morgan fingerprint density at radius 1 is 1.04 bits per heavy atom. The van der Waals surface area contributed by atoms with Gasteiger partial charge in [-0.1, -0.05) is 30.3 Å². The van der Waals surface area contributed by atoms with E-state index in [1.54, 1.807) is 24.0 Å². The molecule has 0 bridgehead atoms. The molecular formula is C23H23NO3S. The summed E-state index contributed by atoms with van der Waals surface area (Å²) in [6, 6.07) is 20.1. The van der Waals surface area contributed by atoms with Crippen molar-refractivity contribution < 1.29 is 14.3 Å². The number of methoxy groups -OCH3 is 1. The van der Waals surface area contributed by atoms with Crippen LogP contribution in [0.25, 0.3) is 0 Å². The van der Waals surface area contributed by atoms with Crippen LogP contribution in [0.15, 0.2) is 71.8 Å². The molecule has 5 heteroatoms. The molecule has 144 valence electrons. The van der Waals surface area contributed by atoms with Gasteiger partial charge in [-0.05, 0) is 60.6 Å². The van der Waals surface area contributed by atoms with E-state index in [2.05, 4.69) is 35.5 Å². The summed E-state index contributed by atoms with van der Waals surface area (Å²) in [6.45, 7) is 0.540. The largest absolute Gasteiger partial charge is 0.489 e. The Bertz CT molecular complexity index is 911. The number of thioether (sulfide) groups is 1. The zero-order valence-electron chi connectivity index (χ0n) is 16.1. The lowest BCUT2D eigenvalue weighted by Gasteiger charge is -2.13. The molecule has 3 rings (SSSR count). The van der Waals surface area contributed by atoms with E-state index in [4.69, 9.17) is 9.47 Å². The van der Waals surface area contributed by atoms with Crippen molar-refractivity contribution >= 4 is 17.7 Å². The minimum atomic E-state index is -0.372. The molecule has 2 aromatic carbocycles. The van der Waals surface area contributed by atoms with E-state index in [1.165, 1.54) is 12.0 Å². The van der Waals surface area contributed by atoms with Gasteiger partial charge in [0.15, 0.2) is 0 Å². The smallest absolute Gasteiger partial charge is 0.339 e. The Labute approximate surface area is 169 Å². The van der Waals surface area contributed by atoms with Crippen molar-refractivity contribution in [3.8, 4) is 5.75 Å². The fourth-order valence-electron chi connectivity index (χ4n) is 2.83. The maximum absolute atomic E-state index is 11.5. The van der Waals surface area contributed by atoms with Crippen LogP contribution in [0.2, 0.25) is 0 Å². The van der Waals surface area contributed by atoms with Crippen molar-refractivity contribution in [2.75, 3.05) is 13.4 Å². The van der Waals surface area contributed by atoms with E-state index >= 15 is 0 Å². The van der Waals surface area contributed by atoms with Crippen molar-refractivity contribution in [2.45, 2.75) is 24.3 Å². The van der Waals surface area contributed by atoms with E-state index in [-0.39, 0.29) is 5.97 Å². The van der Waals surface area contributed by atoms with Crippen LogP contribution in [-0.2, 0) is 24.2 Å². The highest BCUT2D eigenvalue weighted by Crippen LogP contribution is 2.27. The van der Waals surface area contributed by atoms with Crippen LogP contribution in [0.1, 0.15) is 27.2 Å². The second-order valence-corrected chi connectivity index (χ2v) is 7.16. The van der Waals surface area contributed by atoms with Crippen LogP contribution in [-0.4, -0.2) is 24.3 Å². The number of carbonyl (C=O) groups is 1. The molecule has 4 nitrogen and oxygen atoms in total. The normalized spacial score (nSPS) is 10.5. The zero-order chi connectivity index (χ0) is 19.8. The molecule has 0 aliphatic rings. The first-order chi connectivity index (χ1) is 13.7. The Balaban J connectivity index is 1.70. The summed E-state index contributed by atoms with van der Waals surface area (Å²) in [6.07, 6.45) is 5.20. The fourth-order valence-corrected chi connectivity index (χ4v) is 3.29. The third-order valence-corrected chi connectivity index (χ3v) is 5.13. The van der Waals surface area contributed by atoms with Crippen molar-refractivity contribution in [1.82, 2.24) is 4.98 Å². The van der Waals surface area contributed by atoms with Crippen LogP contribution < -0.4 is 4.74 Å². The fraction of sp³-hybridized carbons (Fsp3) is 0.217. The van der Waals surface area contributed by atoms with Crippen LogP contribution in [0.3, 0.4) is 0 Å². The second kappa shape index (κ2) is 9.95. The highest BCUT2D eigenvalue weighted by atomic mass is 32.2. The van der Waals surface area contributed by atoms with Gasteiger partial charge in [0.2, 0.25) is 0 Å². The van der Waals surface area contributed by atoms with Gasteiger partial charge in [-0.3, -0.25) is 4.98 Å². The van der Waals surface area contributed by atoms with Crippen molar-refractivity contribution in [3.63, 3.8) is 0 Å². The van der Waals surface area contributed by atoms with Gasteiger partial charge in [0.25, 0.3) is 0 Å². The molecule has 0 unspecified atom stereocenters. The zero-order valence-corrected chi connectivity index (χ0v) is 16.9. The summed E-state index contributed by atoms with van der Waals surface area (Å²) in [5.41, 5.74) is 3.68. The first kappa shape index (κ1) is 20.0. The summed E-state index contributed by atoms with van der Waals surface area (Å²) in [4.78, 5) is 17.1. The predicted molar refractivity (Wildman–Crippen MR) is 112 cm³/mol. The lowest BCUT2D eigenvalue weighted by atomic mass is 10.1. The Hall–Kier alpha value is -2.79. The number of hydrogen-bond acceptors (Lipinski definition) is 5. The molecular weight excluding hydrogens is 370 g/mol. The SMILES string of the molecule is COC(=O)c1ccc(CCc2cc(SC)ccc2OCc2ccccc2)nc1. The third kappa shape index (κ3) is 5.36. The molecule has 0 amide bonds.